The van der Waals surface area contributed by atoms with Gasteiger partial charge in [-0.2, -0.15) is 0 Å². The molecule has 2 N–H and O–H groups in total. The summed E-state index contributed by atoms with van der Waals surface area (Å²) in [6, 6.07) is 16.6. The molecule has 0 aliphatic carbocycles. The minimum absolute atomic E-state index is 0.200. The van der Waals surface area contributed by atoms with Gasteiger partial charge in [-0.15, -0.1) is 0 Å². The molecule has 2 aliphatic rings. The zero-order valence-electron chi connectivity index (χ0n) is 36.5. The number of methoxy groups -OCH3 is 5. The van der Waals surface area contributed by atoms with E-state index in [1.807, 2.05) is 61.5 Å². The van der Waals surface area contributed by atoms with Crippen molar-refractivity contribution in [1.29, 1.82) is 5.41 Å². The van der Waals surface area contributed by atoms with E-state index in [1.165, 1.54) is 13.3 Å². The molecule has 1 atom stereocenters. The molecule has 15 heteroatoms. The molecule has 3 aromatic carbocycles. The molecular formula is C47H57N5O10. The molecule has 2 heterocycles. The lowest BCUT2D eigenvalue weighted by atomic mass is 10.0. The van der Waals surface area contributed by atoms with Gasteiger partial charge in [-0.05, 0) is 91.1 Å². The summed E-state index contributed by atoms with van der Waals surface area (Å²) in [6.45, 7) is 13.4. The van der Waals surface area contributed by atoms with E-state index in [2.05, 4.69) is 23.6 Å². The number of rotatable bonds is 22. The molecule has 62 heavy (non-hydrogen) atoms. The minimum atomic E-state index is -0.388. The Bertz CT molecular complexity index is 2180. The Morgan fingerprint density at radius 3 is 2.42 bits per heavy atom. The van der Waals surface area contributed by atoms with E-state index in [4.69, 9.17) is 43.3 Å². The fourth-order valence-electron chi connectivity index (χ4n) is 6.35. The third kappa shape index (κ3) is 13.2. The van der Waals surface area contributed by atoms with Crippen molar-refractivity contribution < 1.29 is 47.5 Å². The van der Waals surface area contributed by atoms with Gasteiger partial charge in [0.05, 0.1) is 53.3 Å². The number of amides is 2. The Morgan fingerprint density at radius 2 is 1.76 bits per heavy atom. The third-order valence-corrected chi connectivity index (χ3v) is 9.61. The van der Waals surface area contributed by atoms with Gasteiger partial charge in [-0.3, -0.25) is 20.0 Å². The van der Waals surface area contributed by atoms with Crippen molar-refractivity contribution in [1.82, 2.24) is 15.3 Å². The van der Waals surface area contributed by atoms with Crippen LogP contribution in [-0.2, 0) is 30.2 Å². The first kappa shape index (κ1) is 47.7. The van der Waals surface area contributed by atoms with E-state index >= 15 is 0 Å². The van der Waals surface area contributed by atoms with E-state index < -0.39 is 0 Å². The van der Waals surface area contributed by atoms with Crippen LogP contribution in [0.2, 0.25) is 0 Å². The fourth-order valence-corrected chi connectivity index (χ4v) is 6.35. The van der Waals surface area contributed by atoms with Crippen molar-refractivity contribution >= 4 is 36.1 Å². The van der Waals surface area contributed by atoms with Gasteiger partial charge in [0.1, 0.15) is 12.1 Å². The first-order valence-corrected chi connectivity index (χ1v) is 19.7. The predicted molar refractivity (Wildman–Crippen MR) is 239 cm³/mol. The van der Waals surface area contributed by atoms with Crippen LogP contribution in [0.15, 0.2) is 114 Å². The van der Waals surface area contributed by atoms with Crippen LogP contribution >= 0.6 is 0 Å². The number of aryl methyl sites for hydroxylation is 1. The second-order valence-electron chi connectivity index (χ2n) is 13.8. The van der Waals surface area contributed by atoms with Crippen LogP contribution in [0.5, 0.6) is 28.7 Å². The number of ether oxygens (including phenoxy) is 8. The quantitative estimate of drug-likeness (QED) is 0.0119. The molecule has 3 aromatic rings. The van der Waals surface area contributed by atoms with Crippen molar-refractivity contribution in [2.24, 2.45) is 4.99 Å². The highest BCUT2D eigenvalue weighted by molar-refractivity contribution is 6.00. The van der Waals surface area contributed by atoms with Gasteiger partial charge in [0.2, 0.25) is 13.2 Å². The number of aliphatic imine (C=N–C) groups is 1. The molecule has 5 rings (SSSR count). The van der Waals surface area contributed by atoms with Crippen LogP contribution in [0, 0.1) is 12.3 Å². The summed E-state index contributed by atoms with van der Waals surface area (Å²) in [5, 5.41) is 9.44. The normalized spacial score (nSPS) is 14.3. The van der Waals surface area contributed by atoms with Gasteiger partial charge in [-0.1, -0.05) is 36.9 Å². The van der Waals surface area contributed by atoms with Gasteiger partial charge in [0.15, 0.2) is 34.5 Å². The van der Waals surface area contributed by atoms with E-state index in [9.17, 15) is 9.59 Å². The molecule has 0 fully saturated rings. The summed E-state index contributed by atoms with van der Waals surface area (Å²) < 4.78 is 42.7. The van der Waals surface area contributed by atoms with Gasteiger partial charge in [-0.25, -0.2) is 4.99 Å². The number of carbonyl (C=O) groups excluding carboxylic acids is 2. The van der Waals surface area contributed by atoms with Gasteiger partial charge in [0, 0.05) is 44.5 Å². The lowest BCUT2D eigenvalue weighted by Gasteiger charge is -2.21. The topological polar surface area (TPSA) is 163 Å². The lowest BCUT2D eigenvalue weighted by Crippen LogP contribution is -2.37. The first-order valence-electron chi connectivity index (χ1n) is 19.7. The molecule has 15 nitrogen and oxygen atoms in total. The summed E-state index contributed by atoms with van der Waals surface area (Å²) in [4.78, 5) is 30.4. The monoisotopic (exact) mass is 851 g/mol. The zero-order chi connectivity index (χ0) is 45.0. The van der Waals surface area contributed by atoms with Crippen molar-refractivity contribution in [3.8, 4) is 28.7 Å². The summed E-state index contributed by atoms with van der Waals surface area (Å²) in [5.41, 5.74) is 8.57. The average Bonchev–Trinajstić information content (AvgIpc) is 3.95. The zero-order valence-corrected chi connectivity index (χ0v) is 36.5. The number of allylic oxidation sites excluding steroid dienone is 1. The maximum absolute atomic E-state index is 13.4. The molecule has 0 spiro atoms. The minimum Gasteiger partial charge on any atom is -0.497 e. The Kier molecular flexibility index (Phi) is 18.7. The van der Waals surface area contributed by atoms with Crippen molar-refractivity contribution in [3.63, 3.8) is 0 Å². The number of hydrazine groups is 1. The highest BCUT2D eigenvalue weighted by Gasteiger charge is 2.30. The number of fused-ring (bicyclic) bond motifs is 1. The Hall–Kier alpha value is -7.00. The van der Waals surface area contributed by atoms with Crippen LogP contribution in [0.1, 0.15) is 36.5 Å². The molecular weight excluding hydrogens is 795 g/mol. The van der Waals surface area contributed by atoms with Gasteiger partial charge >= 0.3 is 0 Å². The molecule has 0 radical (unpaired) electrons. The SMILES string of the molecule is C=C(Cc1ccc(OC)c(OC)c1)CN(C=Nc1ccc(OC)cc1C)NC=O.C=C(OCCCOC)/C(=C\C(=C/C)C(=O)N1C=C(c2ccc3c(c2)OCO3)CC1C=N)OC. The number of hydrogen-bond acceptors (Lipinski definition) is 12. The highest BCUT2D eigenvalue weighted by Crippen LogP contribution is 2.38. The maximum atomic E-state index is 13.4. The van der Waals surface area contributed by atoms with Gasteiger partial charge < -0.3 is 48.2 Å². The summed E-state index contributed by atoms with van der Waals surface area (Å²) in [7, 11) is 7.96. The van der Waals surface area contributed by atoms with Gasteiger partial charge in [0.25, 0.3) is 5.91 Å². The van der Waals surface area contributed by atoms with Crippen molar-refractivity contribution in [2.45, 2.75) is 39.2 Å². The van der Waals surface area contributed by atoms with Crippen LogP contribution in [-0.4, -0.2) is 103 Å². The standard InChI is InChI=1S/C25H30N2O6.C22H27N3O4/c1-5-18(12-23(30-4)17(2)31-10-6-9-29-3)25(28)27-15-20(11-21(27)14-26)19-7-8-22-24(13-19)33-16-32-22;1-16(10-18-6-9-21(28-4)22(12-18)29-5)13-25(24-15-26)14-23-20-8-7-19(27-3)11-17(20)2/h5,7-8,12-15,21,26H,2,6,9-11,16H2,1,3-4H3;6-9,11-12,14-15H,1,10,13H2,2-5H3,(H,24,26)/b18-5+,23-12+,26-14?;. The van der Waals surface area contributed by atoms with Crippen molar-refractivity contribution in [3.05, 3.63) is 125 Å². The molecule has 0 saturated heterocycles. The molecule has 0 aromatic heterocycles. The van der Waals surface area contributed by atoms with Crippen LogP contribution in [0.4, 0.5) is 5.69 Å². The lowest BCUT2D eigenvalue weighted by molar-refractivity contribution is -0.124. The Labute approximate surface area is 364 Å². The average molecular weight is 852 g/mol. The molecule has 2 aliphatic heterocycles. The van der Waals surface area contributed by atoms with Crippen molar-refractivity contribution in [2.75, 3.05) is 62.1 Å². The number of hydrogen-bond donors (Lipinski definition) is 2. The second-order valence-corrected chi connectivity index (χ2v) is 13.8. The number of benzene rings is 3. The predicted octanol–water partition coefficient (Wildman–Crippen LogP) is 7.49. The summed E-state index contributed by atoms with van der Waals surface area (Å²) in [5.74, 6) is 3.94. The van der Waals surface area contributed by atoms with E-state index in [0.717, 1.165) is 39.3 Å². The Balaban J connectivity index is 0.000000275. The van der Waals surface area contributed by atoms with E-state index in [-0.39, 0.29) is 18.7 Å². The molecule has 1 unspecified atom stereocenters. The van der Waals surface area contributed by atoms with E-state index in [0.29, 0.717) is 85.5 Å². The van der Waals surface area contributed by atoms with Crippen LogP contribution in [0.25, 0.3) is 5.57 Å². The second kappa shape index (κ2) is 24.3. The summed E-state index contributed by atoms with van der Waals surface area (Å²) in [6.07, 6.45) is 10.4. The van der Waals surface area contributed by atoms with Crippen LogP contribution in [0.3, 0.4) is 0 Å². The number of carbonyl (C=O) groups is 2. The first-order chi connectivity index (χ1) is 30.0. The smallest absolute Gasteiger partial charge is 0.258 e. The van der Waals surface area contributed by atoms with E-state index in [1.54, 1.807) is 70.0 Å². The number of nitrogens with one attached hydrogen (secondary N) is 2. The molecule has 2 amide bonds. The molecule has 330 valence electrons. The maximum Gasteiger partial charge on any atom is 0.258 e. The fraction of sp³-hybridized carbons (Fsp3) is 0.319. The third-order valence-electron chi connectivity index (χ3n) is 9.61. The molecule has 0 saturated carbocycles. The number of nitrogens with zero attached hydrogens (tertiary/aromatic N) is 3. The highest BCUT2D eigenvalue weighted by atomic mass is 16.7. The Morgan fingerprint density at radius 1 is 0.984 bits per heavy atom. The largest absolute Gasteiger partial charge is 0.497 e. The van der Waals surface area contributed by atoms with Crippen LogP contribution < -0.4 is 29.1 Å². The summed E-state index contributed by atoms with van der Waals surface area (Å²) >= 11 is 0. The molecule has 0 bridgehead atoms.